The van der Waals surface area contributed by atoms with Gasteiger partial charge in [-0.25, -0.2) is 0 Å². The van der Waals surface area contributed by atoms with Crippen LogP contribution in [0.25, 0.3) is 0 Å². The van der Waals surface area contributed by atoms with E-state index in [0.29, 0.717) is 28.1 Å². The van der Waals surface area contributed by atoms with E-state index in [4.69, 9.17) is 4.42 Å². The Morgan fingerprint density at radius 3 is 2.74 bits per heavy atom. The summed E-state index contributed by atoms with van der Waals surface area (Å²) in [6.07, 6.45) is 1.01. The second-order valence-electron chi connectivity index (χ2n) is 6.41. The zero-order valence-electron chi connectivity index (χ0n) is 14.6. The standard InChI is InChI=1S/C20H17N3O4/c1-13-8-9-14(11-18(13)23(25)26)19-21-17-7-3-2-6-16(17)20(24)22(19)12-15-5-4-10-27-15/h2-11,19,21H,12H2,1H3/t19-/m0/s1. The minimum Gasteiger partial charge on any atom is -0.467 e. The van der Waals surface area contributed by atoms with Crippen LogP contribution in [0.2, 0.25) is 0 Å². The molecule has 2 aromatic carbocycles. The molecule has 1 aliphatic heterocycles. The topological polar surface area (TPSA) is 88.6 Å². The molecule has 1 aromatic heterocycles. The first-order valence-electron chi connectivity index (χ1n) is 8.48. The largest absolute Gasteiger partial charge is 0.467 e. The lowest BCUT2D eigenvalue weighted by molar-refractivity contribution is -0.385. The summed E-state index contributed by atoms with van der Waals surface area (Å²) in [6.45, 7) is 1.94. The zero-order chi connectivity index (χ0) is 19.0. The van der Waals surface area contributed by atoms with Crippen LogP contribution in [0.15, 0.2) is 65.3 Å². The maximum atomic E-state index is 13.1. The third kappa shape index (κ3) is 3.03. The molecule has 3 aromatic rings. The molecule has 136 valence electrons. The number of furan rings is 1. The van der Waals surface area contributed by atoms with Crippen LogP contribution in [-0.2, 0) is 6.54 Å². The van der Waals surface area contributed by atoms with E-state index < -0.39 is 11.1 Å². The number of fused-ring (bicyclic) bond motifs is 1. The molecule has 1 amide bonds. The van der Waals surface area contributed by atoms with Crippen molar-refractivity contribution in [3.8, 4) is 0 Å². The van der Waals surface area contributed by atoms with Gasteiger partial charge >= 0.3 is 0 Å². The lowest BCUT2D eigenvalue weighted by Gasteiger charge is -2.37. The van der Waals surface area contributed by atoms with Crippen LogP contribution < -0.4 is 5.32 Å². The lowest BCUT2D eigenvalue weighted by atomic mass is 10.0. The molecule has 2 heterocycles. The van der Waals surface area contributed by atoms with Crippen molar-refractivity contribution in [3.05, 3.63) is 93.4 Å². The summed E-state index contributed by atoms with van der Waals surface area (Å²) in [7, 11) is 0. The molecule has 1 N–H and O–H groups in total. The molecule has 0 spiro atoms. The summed E-state index contributed by atoms with van der Waals surface area (Å²) in [4.78, 5) is 25.7. The Hall–Kier alpha value is -3.61. The Morgan fingerprint density at radius 1 is 1.19 bits per heavy atom. The number of carbonyl (C=O) groups is 1. The number of nitrogens with zero attached hydrogens (tertiary/aromatic N) is 2. The highest BCUT2D eigenvalue weighted by Gasteiger charge is 2.34. The maximum absolute atomic E-state index is 13.1. The molecule has 0 saturated heterocycles. The van der Waals surface area contributed by atoms with E-state index in [0.717, 1.165) is 0 Å². The molecule has 1 atom stereocenters. The molecule has 0 fully saturated rings. The van der Waals surface area contributed by atoms with E-state index >= 15 is 0 Å². The van der Waals surface area contributed by atoms with E-state index in [1.54, 1.807) is 54.5 Å². The van der Waals surface area contributed by atoms with Gasteiger partial charge in [0.25, 0.3) is 11.6 Å². The Labute approximate surface area is 155 Å². The number of aryl methyl sites for hydroxylation is 1. The van der Waals surface area contributed by atoms with E-state index in [1.165, 1.54) is 6.07 Å². The van der Waals surface area contributed by atoms with Crippen molar-refractivity contribution in [3.63, 3.8) is 0 Å². The predicted octanol–water partition coefficient (Wildman–Crippen LogP) is 4.26. The molecular formula is C20H17N3O4. The van der Waals surface area contributed by atoms with Gasteiger partial charge in [0.05, 0.1) is 23.3 Å². The molecular weight excluding hydrogens is 346 g/mol. The summed E-state index contributed by atoms with van der Waals surface area (Å²) >= 11 is 0. The molecule has 0 bridgehead atoms. The number of nitrogens with one attached hydrogen (secondary N) is 1. The van der Waals surface area contributed by atoms with Crippen LogP contribution in [0.4, 0.5) is 11.4 Å². The van der Waals surface area contributed by atoms with Gasteiger partial charge in [-0.1, -0.05) is 24.3 Å². The predicted molar refractivity (Wildman–Crippen MR) is 99.2 cm³/mol. The SMILES string of the molecule is Cc1ccc([C@H]2Nc3ccccc3C(=O)N2Cc2ccco2)cc1[N+](=O)[O-]. The number of hydrogen-bond acceptors (Lipinski definition) is 5. The van der Waals surface area contributed by atoms with Crippen molar-refractivity contribution in [2.45, 2.75) is 19.6 Å². The maximum Gasteiger partial charge on any atom is 0.272 e. The minimum absolute atomic E-state index is 0.0264. The summed E-state index contributed by atoms with van der Waals surface area (Å²) in [5.74, 6) is 0.477. The summed E-state index contributed by atoms with van der Waals surface area (Å²) in [5.41, 5.74) is 2.50. The first-order chi connectivity index (χ1) is 13.0. The van der Waals surface area contributed by atoms with E-state index in [9.17, 15) is 14.9 Å². The Kier molecular flexibility index (Phi) is 4.12. The number of anilines is 1. The highest BCUT2D eigenvalue weighted by atomic mass is 16.6. The normalized spacial score (nSPS) is 16.0. The number of rotatable bonds is 4. The monoisotopic (exact) mass is 363 g/mol. The van der Waals surface area contributed by atoms with Gasteiger partial charge in [-0.3, -0.25) is 14.9 Å². The van der Waals surface area contributed by atoms with Crippen LogP contribution in [-0.4, -0.2) is 15.7 Å². The molecule has 7 nitrogen and oxygen atoms in total. The average Bonchev–Trinajstić information content (AvgIpc) is 3.17. The van der Waals surface area contributed by atoms with E-state index in [1.807, 2.05) is 12.1 Å². The van der Waals surface area contributed by atoms with Crippen LogP contribution >= 0.6 is 0 Å². The highest BCUT2D eigenvalue weighted by Crippen LogP contribution is 2.35. The Bertz CT molecular complexity index is 1010. The highest BCUT2D eigenvalue weighted by molar-refractivity contribution is 6.01. The number of para-hydroxylation sites is 1. The molecule has 0 aliphatic carbocycles. The fourth-order valence-electron chi connectivity index (χ4n) is 3.28. The molecule has 7 heteroatoms. The lowest BCUT2D eigenvalue weighted by Crippen LogP contribution is -2.42. The van der Waals surface area contributed by atoms with Gasteiger partial charge in [-0.05, 0) is 31.2 Å². The number of carbonyl (C=O) groups excluding carboxylic acids is 1. The molecule has 27 heavy (non-hydrogen) atoms. The summed E-state index contributed by atoms with van der Waals surface area (Å²) in [5, 5.41) is 14.7. The number of amides is 1. The van der Waals surface area contributed by atoms with Gasteiger partial charge in [0, 0.05) is 22.9 Å². The number of hydrogen-bond donors (Lipinski definition) is 1. The summed E-state index contributed by atoms with van der Waals surface area (Å²) < 4.78 is 5.41. The minimum atomic E-state index is -0.545. The van der Waals surface area contributed by atoms with E-state index in [2.05, 4.69) is 5.32 Å². The van der Waals surface area contributed by atoms with Crippen LogP contribution in [0, 0.1) is 17.0 Å². The van der Waals surface area contributed by atoms with E-state index in [-0.39, 0.29) is 18.1 Å². The quantitative estimate of drug-likeness (QED) is 0.552. The van der Waals surface area contributed by atoms with Crippen molar-refractivity contribution >= 4 is 17.3 Å². The fourth-order valence-corrected chi connectivity index (χ4v) is 3.28. The van der Waals surface area contributed by atoms with Gasteiger partial charge < -0.3 is 14.6 Å². The van der Waals surface area contributed by atoms with Crippen LogP contribution in [0.3, 0.4) is 0 Å². The first kappa shape index (κ1) is 16.8. The second-order valence-corrected chi connectivity index (χ2v) is 6.41. The summed E-state index contributed by atoms with van der Waals surface area (Å²) in [6, 6.07) is 15.8. The molecule has 0 radical (unpaired) electrons. The Balaban J connectivity index is 1.79. The van der Waals surface area contributed by atoms with Gasteiger partial charge in [0.1, 0.15) is 11.9 Å². The average molecular weight is 363 g/mol. The van der Waals surface area contributed by atoms with Crippen molar-refractivity contribution < 1.29 is 14.1 Å². The van der Waals surface area contributed by atoms with Crippen molar-refractivity contribution in [2.24, 2.45) is 0 Å². The van der Waals surface area contributed by atoms with Gasteiger partial charge in [-0.2, -0.15) is 0 Å². The van der Waals surface area contributed by atoms with Crippen LogP contribution in [0.5, 0.6) is 0 Å². The molecule has 0 unspecified atom stereocenters. The third-order valence-electron chi connectivity index (χ3n) is 4.67. The molecule has 1 aliphatic rings. The zero-order valence-corrected chi connectivity index (χ0v) is 14.6. The van der Waals surface area contributed by atoms with Gasteiger partial charge in [0.2, 0.25) is 0 Å². The number of nitro benzene ring substituents is 1. The Morgan fingerprint density at radius 2 is 2.00 bits per heavy atom. The molecule has 4 rings (SSSR count). The third-order valence-corrected chi connectivity index (χ3v) is 4.67. The fraction of sp³-hybridized carbons (Fsp3) is 0.150. The number of nitro groups is 1. The van der Waals surface area contributed by atoms with Gasteiger partial charge in [-0.15, -0.1) is 0 Å². The van der Waals surface area contributed by atoms with Gasteiger partial charge in [0.15, 0.2) is 0 Å². The second kappa shape index (κ2) is 6.60. The van der Waals surface area contributed by atoms with Crippen molar-refractivity contribution in [1.82, 2.24) is 4.90 Å². The first-order valence-corrected chi connectivity index (χ1v) is 8.48. The van der Waals surface area contributed by atoms with Crippen molar-refractivity contribution in [1.29, 1.82) is 0 Å². The van der Waals surface area contributed by atoms with Crippen LogP contribution in [0.1, 0.15) is 33.4 Å². The number of benzene rings is 2. The van der Waals surface area contributed by atoms with Crippen molar-refractivity contribution in [2.75, 3.05) is 5.32 Å². The molecule has 0 saturated carbocycles. The smallest absolute Gasteiger partial charge is 0.272 e.